The van der Waals surface area contributed by atoms with Gasteiger partial charge in [0.05, 0.1) is 17.8 Å². The van der Waals surface area contributed by atoms with Crippen molar-refractivity contribution in [1.82, 2.24) is 15.1 Å². The van der Waals surface area contributed by atoms with Crippen molar-refractivity contribution in [3.63, 3.8) is 0 Å². The third-order valence-corrected chi connectivity index (χ3v) is 4.80. The highest BCUT2D eigenvalue weighted by Crippen LogP contribution is 2.30. The Bertz CT molecular complexity index is 555. The van der Waals surface area contributed by atoms with Gasteiger partial charge in [-0.2, -0.15) is 5.10 Å². The van der Waals surface area contributed by atoms with E-state index in [1.807, 2.05) is 11.6 Å². The Labute approximate surface area is 130 Å². The number of carboxylic acids is 1. The van der Waals surface area contributed by atoms with Gasteiger partial charge in [-0.15, -0.1) is 0 Å². The molecule has 0 aliphatic heterocycles. The second-order valence-corrected chi connectivity index (χ2v) is 6.11. The zero-order valence-electron chi connectivity index (χ0n) is 13.6. The SMILES string of the molecule is CCC(CC)n1ncc(C(=O)NC2(C(=O)O)CCCC2)c1C. The normalized spacial score (nSPS) is 16.9. The molecule has 6 nitrogen and oxygen atoms in total. The topological polar surface area (TPSA) is 84.2 Å². The molecule has 1 aliphatic rings. The van der Waals surface area contributed by atoms with E-state index in [0.717, 1.165) is 31.4 Å². The molecule has 0 spiro atoms. The molecule has 1 aliphatic carbocycles. The molecule has 1 amide bonds. The van der Waals surface area contributed by atoms with E-state index < -0.39 is 11.5 Å². The van der Waals surface area contributed by atoms with Gasteiger partial charge in [-0.25, -0.2) is 4.79 Å². The number of nitrogens with one attached hydrogen (secondary N) is 1. The largest absolute Gasteiger partial charge is 0.480 e. The fourth-order valence-electron chi connectivity index (χ4n) is 3.30. The number of hydrogen-bond donors (Lipinski definition) is 2. The van der Waals surface area contributed by atoms with Crippen molar-refractivity contribution in [1.29, 1.82) is 0 Å². The molecule has 6 heteroatoms. The molecule has 0 aromatic carbocycles. The van der Waals surface area contributed by atoms with Crippen LogP contribution in [-0.2, 0) is 4.79 Å². The van der Waals surface area contributed by atoms with E-state index in [1.54, 1.807) is 6.20 Å². The summed E-state index contributed by atoms with van der Waals surface area (Å²) < 4.78 is 1.87. The van der Waals surface area contributed by atoms with Gasteiger partial charge in [0.2, 0.25) is 0 Å². The predicted octanol–water partition coefficient (Wildman–Crippen LogP) is 2.68. The van der Waals surface area contributed by atoms with Crippen molar-refractivity contribution in [2.45, 2.75) is 70.9 Å². The first kappa shape index (κ1) is 16.5. The molecule has 0 bridgehead atoms. The van der Waals surface area contributed by atoms with Crippen molar-refractivity contribution >= 4 is 11.9 Å². The van der Waals surface area contributed by atoms with Crippen molar-refractivity contribution in [2.75, 3.05) is 0 Å². The summed E-state index contributed by atoms with van der Waals surface area (Å²) in [4.78, 5) is 24.1. The van der Waals surface area contributed by atoms with E-state index >= 15 is 0 Å². The van der Waals surface area contributed by atoms with Gasteiger partial charge < -0.3 is 10.4 Å². The average molecular weight is 307 g/mol. The maximum absolute atomic E-state index is 12.5. The standard InChI is InChI=1S/C16H25N3O3/c1-4-12(5-2)19-11(3)13(10-17-19)14(20)18-16(15(21)22)8-6-7-9-16/h10,12H,4-9H2,1-3H3,(H,18,20)(H,21,22). The number of carbonyl (C=O) groups excluding carboxylic acids is 1. The molecule has 1 saturated carbocycles. The summed E-state index contributed by atoms with van der Waals surface area (Å²) >= 11 is 0. The van der Waals surface area contributed by atoms with Crippen LogP contribution in [0.15, 0.2) is 6.20 Å². The fraction of sp³-hybridized carbons (Fsp3) is 0.688. The van der Waals surface area contributed by atoms with Crippen LogP contribution in [0.1, 0.15) is 74.5 Å². The first-order chi connectivity index (χ1) is 10.4. The minimum absolute atomic E-state index is 0.265. The van der Waals surface area contributed by atoms with Gasteiger partial charge in [-0.3, -0.25) is 9.48 Å². The van der Waals surface area contributed by atoms with E-state index in [-0.39, 0.29) is 11.9 Å². The summed E-state index contributed by atoms with van der Waals surface area (Å²) in [6.07, 6.45) is 6.09. The molecule has 122 valence electrons. The van der Waals surface area contributed by atoms with Crippen molar-refractivity contribution in [3.05, 3.63) is 17.5 Å². The monoisotopic (exact) mass is 307 g/mol. The molecule has 22 heavy (non-hydrogen) atoms. The number of aromatic nitrogens is 2. The molecule has 0 radical (unpaired) electrons. The van der Waals surface area contributed by atoms with Crippen LogP contribution in [0, 0.1) is 6.92 Å². The molecular formula is C16H25N3O3. The minimum atomic E-state index is -1.11. The highest BCUT2D eigenvalue weighted by Gasteiger charge is 2.43. The lowest BCUT2D eigenvalue weighted by atomic mass is 9.97. The summed E-state index contributed by atoms with van der Waals surface area (Å²) in [5.41, 5.74) is 0.157. The van der Waals surface area contributed by atoms with Crippen molar-refractivity contribution in [3.8, 4) is 0 Å². The summed E-state index contributed by atoms with van der Waals surface area (Å²) in [6, 6.07) is 0.265. The number of carbonyl (C=O) groups is 2. The van der Waals surface area contributed by atoms with Crippen LogP contribution < -0.4 is 5.32 Å². The van der Waals surface area contributed by atoms with Crippen molar-refractivity contribution < 1.29 is 14.7 Å². The molecule has 1 aromatic rings. The number of carboxylic acid groups (broad SMARTS) is 1. The molecule has 0 atom stereocenters. The first-order valence-corrected chi connectivity index (χ1v) is 8.05. The lowest BCUT2D eigenvalue weighted by Crippen LogP contribution is -2.52. The number of hydrogen-bond acceptors (Lipinski definition) is 3. The zero-order valence-corrected chi connectivity index (χ0v) is 13.6. The molecule has 1 heterocycles. The third kappa shape index (κ3) is 2.87. The van der Waals surface area contributed by atoms with E-state index in [9.17, 15) is 14.7 Å². The molecule has 2 N–H and O–H groups in total. The Kier molecular flexibility index (Phi) is 4.88. The fourth-order valence-corrected chi connectivity index (χ4v) is 3.30. The Balaban J connectivity index is 2.22. The van der Waals surface area contributed by atoms with Crippen LogP contribution in [0.3, 0.4) is 0 Å². The summed E-state index contributed by atoms with van der Waals surface area (Å²) in [6.45, 7) is 6.04. The van der Waals surface area contributed by atoms with Gasteiger partial charge in [0, 0.05) is 5.69 Å². The van der Waals surface area contributed by atoms with Crippen molar-refractivity contribution in [2.24, 2.45) is 0 Å². The van der Waals surface area contributed by atoms with E-state index in [0.29, 0.717) is 18.4 Å². The van der Waals surface area contributed by atoms with Gasteiger partial charge in [0.1, 0.15) is 5.54 Å². The van der Waals surface area contributed by atoms with Gasteiger partial charge in [0.25, 0.3) is 5.91 Å². The Morgan fingerprint density at radius 2 is 1.95 bits per heavy atom. The summed E-state index contributed by atoms with van der Waals surface area (Å²) in [5.74, 6) is -1.28. The van der Waals surface area contributed by atoms with Crippen LogP contribution in [0.4, 0.5) is 0 Å². The lowest BCUT2D eigenvalue weighted by molar-refractivity contribution is -0.144. The second kappa shape index (κ2) is 6.50. The smallest absolute Gasteiger partial charge is 0.329 e. The third-order valence-electron chi connectivity index (χ3n) is 4.80. The van der Waals surface area contributed by atoms with Crippen LogP contribution >= 0.6 is 0 Å². The molecule has 2 rings (SSSR count). The molecule has 1 aromatic heterocycles. The number of amides is 1. The lowest BCUT2D eigenvalue weighted by Gasteiger charge is -2.25. The van der Waals surface area contributed by atoms with Gasteiger partial charge in [0.15, 0.2) is 0 Å². The molecule has 0 saturated heterocycles. The molecular weight excluding hydrogens is 282 g/mol. The predicted molar refractivity (Wildman–Crippen MR) is 82.9 cm³/mol. The maximum atomic E-state index is 12.5. The Morgan fingerprint density at radius 3 is 2.45 bits per heavy atom. The van der Waals surface area contributed by atoms with Crippen LogP contribution in [-0.4, -0.2) is 32.3 Å². The van der Waals surface area contributed by atoms with Crippen LogP contribution in [0.25, 0.3) is 0 Å². The summed E-state index contributed by atoms with van der Waals surface area (Å²) in [7, 11) is 0. The minimum Gasteiger partial charge on any atom is -0.480 e. The highest BCUT2D eigenvalue weighted by atomic mass is 16.4. The maximum Gasteiger partial charge on any atom is 0.329 e. The van der Waals surface area contributed by atoms with Crippen LogP contribution in [0.5, 0.6) is 0 Å². The number of aliphatic carboxylic acids is 1. The number of nitrogens with zero attached hydrogens (tertiary/aromatic N) is 2. The quantitative estimate of drug-likeness (QED) is 0.846. The van der Waals surface area contributed by atoms with E-state index in [4.69, 9.17) is 0 Å². The van der Waals surface area contributed by atoms with E-state index in [2.05, 4.69) is 24.3 Å². The van der Waals surface area contributed by atoms with Gasteiger partial charge in [-0.05, 0) is 32.6 Å². The molecule has 1 fully saturated rings. The highest BCUT2D eigenvalue weighted by molar-refractivity contribution is 5.98. The van der Waals surface area contributed by atoms with E-state index in [1.165, 1.54) is 0 Å². The first-order valence-electron chi connectivity index (χ1n) is 8.05. The number of rotatable bonds is 6. The zero-order chi connectivity index (χ0) is 16.3. The van der Waals surface area contributed by atoms with Gasteiger partial charge in [-0.1, -0.05) is 26.7 Å². The average Bonchev–Trinajstić information content (AvgIpc) is 3.09. The summed E-state index contributed by atoms with van der Waals surface area (Å²) in [5, 5.41) is 16.5. The van der Waals surface area contributed by atoms with Gasteiger partial charge >= 0.3 is 5.97 Å². The van der Waals surface area contributed by atoms with Crippen LogP contribution in [0.2, 0.25) is 0 Å². The second-order valence-electron chi connectivity index (χ2n) is 6.11. The Hall–Kier alpha value is -1.85. The molecule has 0 unspecified atom stereocenters. The Morgan fingerprint density at radius 1 is 1.36 bits per heavy atom.